The van der Waals surface area contributed by atoms with Crippen LogP contribution in [0, 0.1) is 13.8 Å². The Bertz CT molecular complexity index is 1170. The second-order valence-corrected chi connectivity index (χ2v) is 6.96. The van der Waals surface area contributed by atoms with Gasteiger partial charge in [0.1, 0.15) is 10.8 Å². The van der Waals surface area contributed by atoms with E-state index in [2.05, 4.69) is 15.4 Å². The highest BCUT2D eigenvalue weighted by Gasteiger charge is 2.16. The molecular formula is C22H19ClN4O. The summed E-state index contributed by atoms with van der Waals surface area (Å²) < 4.78 is 1.89. The van der Waals surface area contributed by atoms with Crippen molar-refractivity contribution in [1.29, 1.82) is 0 Å². The van der Waals surface area contributed by atoms with Gasteiger partial charge in [-0.3, -0.25) is 4.79 Å². The van der Waals surface area contributed by atoms with Crippen LogP contribution in [0.15, 0.2) is 60.7 Å². The topological polar surface area (TPSA) is 59.8 Å². The first-order valence-corrected chi connectivity index (χ1v) is 9.36. The molecule has 28 heavy (non-hydrogen) atoms. The maximum atomic E-state index is 12.7. The van der Waals surface area contributed by atoms with Crippen LogP contribution in [-0.4, -0.2) is 20.7 Å². The Kier molecular flexibility index (Phi) is 4.84. The number of fused-ring (bicyclic) bond motifs is 1. The average Bonchev–Trinajstić information content (AvgIpc) is 3.00. The van der Waals surface area contributed by atoms with Crippen molar-refractivity contribution in [2.45, 2.75) is 20.4 Å². The summed E-state index contributed by atoms with van der Waals surface area (Å²) in [4.78, 5) is 16.9. The molecule has 0 unspecified atom stereocenters. The quantitative estimate of drug-likeness (QED) is 0.517. The molecule has 0 fully saturated rings. The maximum absolute atomic E-state index is 12.7. The first-order valence-electron chi connectivity index (χ1n) is 8.98. The van der Waals surface area contributed by atoms with Crippen LogP contribution in [0.5, 0.6) is 0 Å². The summed E-state index contributed by atoms with van der Waals surface area (Å²) >= 11 is 6.24. The minimum Gasteiger partial charge on any atom is -0.346 e. The van der Waals surface area contributed by atoms with E-state index in [0.717, 1.165) is 33.4 Å². The molecule has 1 amide bonds. The number of amides is 1. The number of hydrogen-bond donors (Lipinski definition) is 1. The van der Waals surface area contributed by atoms with Gasteiger partial charge in [-0.2, -0.15) is 5.10 Å². The molecule has 6 heteroatoms. The Morgan fingerprint density at radius 1 is 1.07 bits per heavy atom. The monoisotopic (exact) mass is 390 g/mol. The molecule has 0 atom stereocenters. The van der Waals surface area contributed by atoms with Gasteiger partial charge in [-0.15, -0.1) is 0 Å². The summed E-state index contributed by atoms with van der Waals surface area (Å²) in [6.07, 6.45) is 0. The van der Waals surface area contributed by atoms with Crippen LogP contribution >= 0.6 is 11.6 Å². The lowest BCUT2D eigenvalue weighted by molar-refractivity contribution is 0.0946. The molecule has 1 N–H and O–H groups in total. The molecule has 2 heterocycles. The van der Waals surface area contributed by atoms with Crippen molar-refractivity contribution in [2.24, 2.45) is 0 Å². The van der Waals surface area contributed by atoms with Crippen LogP contribution < -0.4 is 5.32 Å². The van der Waals surface area contributed by atoms with Crippen LogP contribution in [0.3, 0.4) is 0 Å². The molecule has 4 aromatic rings. The van der Waals surface area contributed by atoms with Crippen molar-refractivity contribution in [3.8, 4) is 5.69 Å². The Morgan fingerprint density at radius 3 is 2.57 bits per heavy atom. The minimum absolute atomic E-state index is 0.265. The first kappa shape index (κ1) is 18.2. The molecule has 0 spiro atoms. The summed E-state index contributed by atoms with van der Waals surface area (Å²) in [6, 6.07) is 19.3. The third kappa shape index (κ3) is 3.37. The summed E-state index contributed by atoms with van der Waals surface area (Å²) in [5, 5.41) is 9.60. The van der Waals surface area contributed by atoms with E-state index in [-0.39, 0.29) is 5.91 Å². The third-order valence-electron chi connectivity index (χ3n) is 4.79. The molecule has 0 radical (unpaired) electrons. The SMILES string of the molecule is Cc1nn(-c2ccccc2)c(C)c1CNC(=O)c1cc2ccccc2c(Cl)n1. The van der Waals surface area contributed by atoms with E-state index < -0.39 is 0 Å². The van der Waals surface area contributed by atoms with Crippen LogP contribution in [0.1, 0.15) is 27.4 Å². The number of aromatic nitrogens is 3. The Balaban J connectivity index is 1.57. The maximum Gasteiger partial charge on any atom is 0.270 e. The second kappa shape index (κ2) is 7.44. The van der Waals surface area contributed by atoms with E-state index in [1.54, 1.807) is 6.07 Å². The number of pyridine rings is 1. The number of benzene rings is 2. The number of carbonyl (C=O) groups excluding carboxylic acids is 1. The molecule has 4 rings (SSSR count). The summed E-state index contributed by atoms with van der Waals surface area (Å²) in [6.45, 7) is 4.31. The molecule has 0 saturated heterocycles. The van der Waals surface area contributed by atoms with Crippen LogP contribution in [-0.2, 0) is 6.54 Å². The minimum atomic E-state index is -0.265. The third-order valence-corrected chi connectivity index (χ3v) is 5.08. The molecule has 5 nitrogen and oxygen atoms in total. The molecule has 2 aromatic heterocycles. The smallest absolute Gasteiger partial charge is 0.270 e. The van der Waals surface area contributed by atoms with E-state index in [4.69, 9.17) is 11.6 Å². The predicted molar refractivity (Wildman–Crippen MR) is 111 cm³/mol. The van der Waals surface area contributed by atoms with Gasteiger partial charge in [0.2, 0.25) is 0 Å². The molecule has 0 bridgehead atoms. The lowest BCUT2D eigenvalue weighted by Gasteiger charge is -2.08. The zero-order chi connectivity index (χ0) is 19.7. The predicted octanol–water partition coefficient (Wildman–Crippen LogP) is 4.62. The van der Waals surface area contributed by atoms with E-state index in [1.165, 1.54) is 0 Å². The largest absolute Gasteiger partial charge is 0.346 e. The zero-order valence-electron chi connectivity index (χ0n) is 15.6. The normalized spacial score (nSPS) is 11.0. The fourth-order valence-electron chi connectivity index (χ4n) is 3.28. The second-order valence-electron chi connectivity index (χ2n) is 6.60. The van der Waals surface area contributed by atoms with Crippen molar-refractivity contribution in [3.63, 3.8) is 0 Å². The van der Waals surface area contributed by atoms with Crippen molar-refractivity contribution in [1.82, 2.24) is 20.1 Å². The summed E-state index contributed by atoms with van der Waals surface area (Å²) in [7, 11) is 0. The highest BCUT2D eigenvalue weighted by Crippen LogP contribution is 2.22. The van der Waals surface area contributed by atoms with Gasteiger partial charge in [0.15, 0.2) is 0 Å². The van der Waals surface area contributed by atoms with Gasteiger partial charge in [-0.25, -0.2) is 9.67 Å². The van der Waals surface area contributed by atoms with Crippen LogP contribution in [0.4, 0.5) is 0 Å². The molecular weight excluding hydrogens is 372 g/mol. The first-order chi connectivity index (χ1) is 13.5. The number of rotatable bonds is 4. The van der Waals surface area contributed by atoms with Gasteiger partial charge >= 0.3 is 0 Å². The lowest BCUT2D eigenvalue weighted by atomic mass is 10.1. The Morgan fingerprint density at radius 2 is 1.79 bits per heavy atom. The summed E-state index contributed by atoms with van der Waals surface area (Å²) in [5.74, 6) is -0.265. The van der Waals surface area contributed by atoms with E-state index in [1.807, 2.05) is 73.1 Å². The average molecular weight is 391 g/mol. The van der Waals surface area contributed by atoms with Gasteiger partial charge in [0.05, 0.1) is 11.4 Å². The van der Waals surface area contributed by atoms with Gasteiger partial charge in [0.25, 0.3) is 5.91 Å². The number of halogens is 1. The number of carbonyl (C=O) groups is 1. The molecule has 0 saturated carbocycles. The van der Waals surface area contributed by atoms with Gasteiger partial charge in [0, 0.05) is 23.2 Å². The Labute approximate surface area is 168 Å². The van der Waals surface area contributed by atoms with Crippen molar-refractivity contribution in [3.05, 3.63) is 88.5 Å². The van der Waals surface area contributed by atoms with E-state index in [0.29, 0.717) is 17.4 Å². The van der Waals surface area contributed by atoms with E-state index >= 15 is 0 Å². The molecule has 2 aromatic carbocycles. The number of aryl methyl sites for hydroxylation is 1. The van der Waals surface area contributed by atoms with Crippen molar-refractivity contribution < 1.29 is 4.79 Å². The van der Waals surface area contributed by atoms with Crippen molar-refractivity contribution in [2.75, 3.05) is 0 Å². The molecule has 140 valence electrons. The highest BCUT2D eigenvalue weighted by atomic mass is 35.5. The molecule has 0 aliphatic rings. The zero-order valence-corrected chi connectivity index (χ0v) is 16.4. The Hall–Kier alpha value is -3.18. The number of para-hydroxylation sites is 1. The fraction of sp³-hybridized carbons (Fsp3) is 0.136. The lowest BCUT2D eigenvalue weighted by Crippen LogP contribution is -2.24. The van der Waals surface area contributed by atoms with Crippen LogP contribution in [0.25, 0.3) is 16.5 Å². The summed E-state index contributed by atoms with van der Waals surface area (Å²) in [5.41, 5.74) is 4.15. The number of nitrogens with one attached hydrogen (secondary N) is 1. The van der Waals surface area contributed by atoms with Crippen LogP contribution in [0.2, 0.25) is 5.15 Å². The molecule has 0 aliphatic heterocycles. The fourth-order valence-corrected chi connectivity index (χ4v) is 3.55. The highest BCUT2D eigenvalue weighted by molar-refractivity contribution is 6.34. The standard InChI is InChI=1S/C22H19ClN4O/c1-14-19(15(2)27(26-14)17-9-4-3-5-10-17)13-24-22(28)20-12-16-8-6-7-11-18(16)21(23)25-20/h3-12H,13H2,1-2H3,(H,24,28). The van der Waals surface area contributed by atoms with E-state index in [9.17, 15) is 4.79 Å². The number of nitrogens with zero attached hydrogens (tertiary/aromatic N) is 3. The van der Waals surface area contributed by atoms with Gasteiger partial charge in [-0.1, -0.05) is 54.1 Å². The van der Waals surface area contributed by atoms with Gasteiger partial charge < -0.3 is 5.32 Å². The molecule has 0 aliphatic carbocycles. The number of hydrogen-bond acceptors (Lipinski definition) is 3. The van der Waals surface area contributed by atoms with Gasteiger partial charge in [-0.05, 0) is 37.4 Å². The van der Waals surface area contributed by atoms with Crippen molar-refractivity contribution >= 4 is 28.3 Å².